The Labute approximate surface area is 67.3 Å². The molecule has 0 aromatic heterocycles. The van der Waals surface area contributed by atoms with Gasteiger partial charge in [-0.15, -0.1) is 22.6 Å². The molecule has 0 spiro atoms. The summed E-state index contributed by atoms with van der Waals surface area (Å²) in [5.74, 6) is 0. The van der Waals surface area contributed by atoms with Gasteiger partial charge >= 0.3 is 6.18 Å². The third kappa shape index (κ3) is 1.81. The molecule has 1 rings (SSSR count). The summed E-state index contributed by atoms with van der Waals surface area (Å²) in [6.45, 7) is -0.0491. The average molecular weight is 190 g/mol. The smallest absolute Gasteiger partial charge is 0.330 e. The number of nitrogens with two attached hydrogens (primary N) is 1. The Kier molecular flexibility index (Phi) is 2.85. The SMILES string of the molecule is Cl.NCCC1(C(F)(F)F)N=N1. The summed E-state index contributed by atoms with van der Waals surface area (Å²) in [5.41, 5.74) is 2.79. The zero-order valence-corrected chi connectivity index (χ0v) is 6.24. The molecule has 1 heterocycles. The van der Waals surface area contributed by atoms with Crippen molar-refractivity contribution < 1.29 is 13.2 Å². The van der Waals surface area contributed by atoms with Gasteiger partial charge in [-0.1, -0.05) is 0 Å². The summed E-state index contributed by atoms with van der Waals surface area (Å²) < 4.78 is 35.5. The Balaban J connectivity index is 0.000001000. The highest BCUT2D eigenvalue weighted by Crippen LogP contribution is 2.46. The van der Waals surface area contributed by atoms with Gasteiger partial charge in [0.25, 0.3) is 5.66 Å². The molecule has 2 N–H and O–H groups in total. The van der Waals surface area contributed by atoms with Gasteiger partial charge in [-0.25, -0.2) is 0 Å². The largest absolute Gasteiger partial charge is 0.437 e. The van der Waals surface area contributed by atoms with Crippen LogP contribution < -0.4 is 5.73 Å². The van der Waals surface area contributed by atoms with Crippen LogP contribution in [0.4, 0.5) is 13.2 Å². The minimum absolute atomic E-state index is 0. The maximum absolute atomic E-state index is 11.8. The molecule has 7 heteroatoms. The lowest BCUT2D eigenvalue weighted by molar-refractivity contribution is -0.164. The molecule has 0 saturated heterocycles. The van der Waals surface area contributed by atoms with Crippen LogP contribution in [-0.4, -0.2) is 18.4 Å². The van der Waals surface area contributed by atoms with Gasteiger partial charge in [0, 0.05) is 6.42 Å². The Morgan fingerprint density at radius 3 is 1.82 bits per heavy atom. The molecule has 1 aliphatic heterocycles. The molecule has 11 heavy (non-hydrogen) atoms. The van der Waals surface area contributed by atoms with Gasteiger partial charge in [0.2, 0.25) is 0 Å². The van der Waals surface area contributed by atoms with Crippen LogP contribution in [0.1, 0.15) is 6.42 Å². The highest BCUT2D eigenvalue weighted by atomic mass is 35.5. The Hall–Kier alpha value is -0.360. The minimum Gasteiger partial charge on any atom is -0.330 e. The zero-order valence-electron chi connectivity index (χ0n) is 5.43. The fourth-order valence-corrected chi connectivity index (χ4v) is 0.617. The van der Waals surface area contributed by atoms with Crippen LogP contribution >= 0.6 is 12.4 Å². The highest BCUT2D eigenvalue weighted by Gasteiger charge is 2.62. The summed E-state index contributed by atoms with van der Waals surface area (Å²) in [5, 5.41) is 5.83. The van der Waals surface area contributed by atoms with E-state index in [4.69, 9.17) is 5.73 Å². The second-order valence-corrected chi connectivity index (χ2v) is 2.05. The first-order chi connectivity index (χ1) is 4.52. The molecule has 0 aliphatic carbocycles. The molecular weight excluding hydrogens is 183 g/mol. The van der Waals surface area contributed by atoms with Crippen molar-refractivity contribution in [3.63, 3.8) is 0 Å². The van der Waals surface area contributed by atoms with E-state index in [-0.39, 0.29) is 25.4 Å². The second kappa shape index (κ2) is 2.94. The molecule has 3 nitrogen and oxygen atoms in total. The van der Waals surface area contributed by atoms with E-state index in [1.54, 1.807) is 0 Å². The van der Waals surface area contributed by atoms with Crippen molar-refractivity contribution >= 4 is 12.4 Å². The summed E-state index contributed by atoms with van der Waals surface area (Å²) in [7, 11) is 0. The molecule has 0 fully saturated rings. The lowest BCUT2D eigenvalue weighted by atomic mass is 10.1. The minimum atomic E-state index is -4.35. The van der Waals surface area contributed by atoms with Crippen molar-refractivity contribution in [2.75, 3.05) is 6.54 Å². The molecule has 0 amide bonds. The Bertz CT molecular complexity index is 160. The van der Waals surface area contributed by atoms with Crippen LogP contribution in [0.2, 0.25) is 0 Å². The van der Waals surface area contributed by atoms with Gasteiger partial charge in [0.1, 0.15) is 0 Å². The number of nitrogens with zero attached hydrogens (tertiary/aromatic N) is 2. The van der Waals surface area contributed by atoms with Crippen LogP contribution in [0, 0.1) is 0 Å². The standard InChI is InChI=1S/C4H6F3N3.ClH/c5-4(6,7)3(1-2-8)9-10-3;/h1-2,8H2;1H. The number of halogens is 4. The third-order valence-corrected chi connectivity index (χ3v) is 1.29. The fourth-order valence-electron chi connectivity index (χ4n) is 0.617. The summed E-state index contributed by atoms with van der Waals surface area (Å²) in [6.07, 6.45) is -4.59. The van der Waals surface area contributed by atoms with Crippen molar-refractivity contribution in [3.05, 3.63) is 0 Å². The van der Waals surface area contributed by atoms with Crippen molar-refractivity contribution in [3.8, 4) is 0 Å². The molecule has 0 aromatic carbocycles. The second-order valence-electron chi connectivity index (χ2n) is 2.05. The van der Waals surface area contributed by atoms with E-state index < -0.39 is 11.8 Å². The topological polar surface area (TPSA) is 50.7 Å². The molecule has 0 bridgehead atoms. The van der Waals surface area contributed by atoms with Crippen molar-refractivity contribution in [2.24, 2.45) is 16.0 Å². The zero-order chi connectivity index (χ0) is 7.83. The molecule has 0 radical (unpaired) electrons. The highest BCUT2D eigenvalue weighted by molar-refractivity contribution is 5.85. The first-order valence-corrected chi connectivity index (χ1v) is 2.73. The first-order valence-electron chi connectivity index (χ1n) is 2.73. The normalized spacial score (nSPS) is 19.3. The predicted molar refractivity (Wildman–Crippen MR) is 34.6 cm³/mol. The number of hydrogen-bond acceptors (Lipinski definition) is 3. The Morgan fingerprint density at radius 2 is 1.73 bits per heavy atom. The maximum Gasteiger partial charge on any atom is 0.437 e. The fraction of sp³-hybridized carbons (Fsp3) is 1.00. The van der Waals surface area contributed by atoms with E-state index in [2.05, 4.69) is 10.2 Å². The van der Waals surface area contributed by atoms with Crippen molar-refractivity contribution in [2.45, 2.75) is 18.3 Å². The molecule has 0 aromatic rings. The molecule has 0 unspecified atom stereocenters. The molecule has 0 saturated carbocycles. The first kappa shape index (κ1) is 10.6. The summed E-state index contributed by atoms with van der Waals surface area (Å²) >= 11 is 0. The third-order valence-electron chi connectivity index (χ3n) is 1.29. The predicted octanol–water partition coefficient (Wildman–Crippen LogP) is 1.48. The number of alkyl halides is 3. The van der Waals surface area contributed by atoms with E-state index in [0.29, 0.717) is 0 Å². The summed E-state index contributed by atoms with van der Waals surface area (Å²) in [4.78, 5) is 0. The van der Waals surface area contributed by atoms with Crippen LogP contribution in [0.5, 0.6) is 0 Å². The average Bonchev–Trinajstić information content (AvgIpc) is 2.45. The van der Waals surface area contributed by atoms with Crippen LogP contribution in [0.3, 0.4) is 0 Å². The van der Waals surface area contributed by atoms with Crippen LogP contribution in [0.25, 0.3) is 0 Å². The molecule has 66 valence electrons. The summed E-state index contributed by atoms with van der Waals surface area (Å²) in [6, 6.07) is 0. The molecular formula is C4H7ClF3N3. The van der Waals surface area contributed by atoms with Gasteiger partial charge in [0.15, 0.2) is 0 Å². The lowest BCUT2D eigenvalue weighted by Gasteiger charge is -2.12. The van der Waals surface area contributed by atoms with Crippen LogP contribution in [-0.2, 0) is 0 Å². The number of hydrogen-bond donors (Lipinski definition) is 1. The van der Waals surface area contributed by atoms with Gasteiger partial charge in [0.05, 0.1) is 0 Å². The van der Waals surface area contributed by atoms with E-state index in [1.807, 2.05) is 0 Å². The van der Waals surface area contributed by atoms with E-state index in [0.717, 1.165) is 0 Å². The van der Waals surface area contributed by atoms with Gasteiger partial charge in [-0.3, -0.25) is 0 Å². The maximum atomic E-state index is 11.8. The molecule has 0 atom stereocenters. The van der Waals surface area contributed by atoms with E-state index >= 15 is 0 Å². The monoisotopic (exact) mass is 189 g/mol. The van der Waals surface area contributed by atoms with Crippen molar-refractivity contribution in [1.82, 2.24) is 0 Å². The molecule has 1 aliphatic rings. The number of rotatable bonds is 2. The lowest BCUT2D eigenvalue weighted by Crippen LogP contribution is -2.34. The Morgan fingerprint density at radius 1 is 1.27 bits per heavy atom. The van der Waals surface area contributed by atoms with E-state index in [9.17, 15) is 13.2 Å². The van der Waals surface area contributed by atoms with E-state index in [1.165, 1.54) is 0 Å². The van der Waals surface area contributed by atoms with Gasteiger partial charge in [-0.05, 0) is 6.54 Å². The van der Waals surface area contributed by atoms with Crippen LogP contribution in [0.15, 0.2) is 10.2 Å². The van der Waals surface area contributed by atoms with Gasteiger partial charge in [-0.2, -0.15) is 13.2 Å². The van der Waals surface area contributed by atoms with Crippen molar-refractivity contribution in [1.29, 1.82) is 0 Å². The quantitative estimate of drug-likeness (QED) is 0.703. The van der Waals surface area contributed by atoms with Gasteiger partial charge < -0.3 is 5.73 Å².